The summed E-state index contributed by atoms with van der Waals surface area (Å²) in [6.45, 7) is 2.34. The number of rotatable bonds is 1. The van der Waals surface area contributed by atoms with E-state index in [-0.39, 0.29) is 23.0 Å². The second kappa shape index (κ2) is 7.52. The van der Waals surface area contributed by atoms with E-state index in [0.29, 0.717) is 44.2 Å². The van der Waals surface area contributed by atoms with Gasteiger partial charge < -0.3 is 14.9 Å². The summed E-state index contributed by atoms with van der Waals surface area (Å²) in [7, 11) is 0. The molecule has 1 unspecified atom stereocenters. The molecular weight excluding hydrogens is 390 g/mol. The van der Waals surface area contributed by atoms with Gasteiger partial charge >= 0.3 is 6.03 Å². The summed E-state index contributed by atoms with van der Waals surface area (Å²) in [6, 6.07) is 5.70. The molecule has 148 valence electrons. The zero-order valence-corrected chi connectivity index (χ0v) is 15.7. The molecule has 1 N–H and O–H groups in total. The van der Waals surface area contributed by atoms with Crippen LogP contribution < -0.4 is 9.80 Å². The van der Waals surface area contributed by atoms with Crippen molar-refractivity contribution in [3.05, 3.63) is 52.7 Å². The Kier molecular flexibility index (Phi) is 5.07. The molecule has 1 fully saturated rings. The smallest absolute Gasteiger partial charge is 0.324 e. The van der Waals surface area contributed by atoms with Crippen LogP contribution in [-0.2, 0) is 0 Å². The summed E-state index contributed by atoms with van der Waals surface area (Å²) in [5.41, 5.74) is 0.425. The molecule has 2 amide bonds. The van der Waals surface area contributed by atoms with Crippen LogP contribution in [0.1, 0.15) is 18.1 Å². The minimum atomic E-state index is -0.987. The van der Waals surface area contributed by atoms with E-state index in [9.17, 15) is 18.7 Å². The number of halogens is 3. The fourth-order valence-corrected chi connectivity index (χ4v) is 3.84. The molecule has 0 bridgehead atoms. The third-order valence-electron chi connectivity index (χ3n) is 5.18. The van der Waals surface area contributed by atoms with Crippen molar-refractivity contribution in [2.24, 2.45) is 0 Å². The minimum Gasteiger partial charge on any atom is -0.388 e. The average molecular weight is 409 g/mol. The first-order valence-electron chi connectivity index (χ1n) is 9.04. The molecule has 2 aliphatic heterocycles. The molecule has 0 saturated carbocycles. The lowest BCUT2D eigenvalue weighted by molar-refractivity contribution is 0.156. The number of fused-ring (bicyclic) bond motifs is 1. The number of pyridine rings is 1. The number of hydrogen-bond acceptors (Lipinski definition) is 4. The third-order valence-corrected chi connectivity index (χ3v) is 5.47. The first kappa shape index (κ1) is 18.9. The van der Waals surface area contributed by atoms with Gasteiger partial charge in [0.2, 0.25) is 0 Å². The molecule has 2 aromatic rings. The van der Waals surface area contributed by atoms with Crippen molar-refractivity contribution in [1.29, 1.82) is 0 Å². The Hall–Kier alpha value is -2.45. The molecule has 3 heterocycles. The molecular formula is C19H19ClF2N4O2. The van der Waals surface area contributed by atoms with Crippen LogP contribution in [0.5, 0.6) is 0 Å². The summed E-state index contributed by atoms with van der Waals surface area (Å²) in [5, 5.41) is 10.1. The molecule has 6 nitrogen and oxygen atoms in total. The summed E-state index contributed by atoms with van der Waals surface area (Å²) in [4.78, 5) is 22.3. The quantitative estimate of drug-likeness (QED) is 0.787. The van der Waals surface area contributed by atoms with Gasteiger partial charge in [0.05, 0.1) is 23.0 Å². The topological polar surface area (TPSA) is 59.9 Å². The molecule has 0 radical (unpaired) electrons. The van der Waals surface area contributed by atoms with E-state index in [1.807, 2.05) is 4.90 Å². The van der Waals surface area contributed by atoms with Crippen LogP contribution in [0.4, 0.5) is 25.1 Å². The highest BCUT2D eigenvalue weighted by Gasteiger charge is 2.34. The van der Waals surface area contributed by atoms with Gasteiger partial charge in [-0.3, -0.25) is 4.90 Å². The van der Waals surface area contributed by atoms with Gasteiger partial charge in [-0.05, 0) is 30.7 Å². The van der Waals surface area contributed by atoms with Gasteiger partial charge in [-0.1, -0.05) is 11.6 Å². The Morgan fingerprint density at radius 2 is 1.86 bits per heavy atom. The highest BCUT2D eigenvalue weighted by atomic mass is 35.5. The number of carbonyl (C=O) groups excluding carboxylic acids is 1. The van der Waals surface area contributed by atoms with E-state index in [1.54, 1.807) is 17.0 Å². The number of piperazine rings is 1. The van der Waals surface area contributed by atoms with Gasteiger partial charge in [-0.25, -0.2) is 18.6 Å². The fraction of sp³-hybridized carbons (Fsp3) is 0.368. The van der Waals surface area contributed by atoms with Crippen LogP contribution in [0.25, 0.3) is 0 Å². The number of urea groups is 1. The van der Waals surface area contributed by atoms with Crippen molar-refractivity contribution in [3.63, 3.8) is 0 Å². The van der Waals surface area contributed by atoms with Crippen molar-refractivity contribution in [1.82, 2.24) is 9.88 Å². The van der Waals surface area contributed by atoms with Crippen molar-refractivity contribution >= 4 is 29.1 Å². The maximum Gasteiger partial charge on any atom is 0.324 e. The summed E-state index contributed by atoms with van der Waals surface area (Å²) in [6.07, 6.45) is 0.428. The van der Waals surface area contributed by atoms with Crippen molar-refractivity contribution < 1.29 is 18.7 Å². The van der Waals surface area contributed by atoms with Gasteiger partial charge in [0, 0.05) is 38.3 Å². The molecule has 1 atom stereocenters. The van der Waals surface area contributed by atoms with Crippen molar-refractivity contribution in [2.75, 3.05) is 42.5 Å². The van der Waals surface area contributed by atoms with Gasteiger partial charge in [0.25, 0.3) is 0 Å². The first-order valence-corrected chi connectivity index (χ1v) is 9.42. The monoisotopic (exact) mass is 408 g/mol. The maximum atomic E-state index is 14.4. The molecule has 1 aromatic carbocycles. The number of hydrogen-bond donors (Lipinski definition) is 1. The van der Waals surface area contributed by atoms with E-state index in [1.165, 1.54) is 23.2 Å². The van der Waals surface area contributed by atoms with E-state index >= 15 is 0 Å². The SMILES string of the molecule is O=C(N1CCN(c2ccc(F)cn2)CC1)N1CCC(O)c2c1ccc(Cl)c2F. The lowest BCUT2D eigenvalue weighted by atomic mass is 9.98. The predicted molar refractivity (Wildman–Crippen MR) is 102 cm³/mol. The third kappa shape index (κ3) is 3.38. The summed E-state index contributed by atoms with van der Waals surface area (Å²) in [5.74, 6) is -0.413. The number of benzene rings is 1. The van der Waals surface area contributed by atoms with E-state index in [2.05, 4.69) is 4.98 Å². The summed E-state index contributed by atoms with van der Waals surface area (Å²) < 4.78 is 27.4. The van der Waals surface area contributed by atoms with Crippen LogP contribution in [0.15, 0.2) is 30.5 Å². The van der Waals surface area contributed by atoms with Crippen molar-refractivity contribution in [3.8, 4) is 0 Å². The predicted octanol–water partition coefficient (Wildman–Crippen LogP) is 3.20. The van der Waals surface area contributed by atoms with Crippen LogP contribution >= 0.6 is 11.6 Å². The Morgan fingerprint density at radius 3 is 2.54 bits per heavy atom. The Morgan fingerprint density at radius 1 is 1.11 bits per heavy atom. The highest BCUT2D eigenvalue weighted by molar-refractivity contribution is 6.31. The standard InChI is InChI=1S/C19H19ClF2N4O2/c20-13-2-3-14-17(18(13)22)15(27)5-6-26(14)19(28)25-9-7-24(8-10-25)16-4-1-12(21)11-23-16/h1-4,11,15,27H,5-10H2. The van der Waals surface area contributed by atoms with Gasteiger partial charge in [-0.2, -0.15) is 0 Å². The number of amides is 2. The normalized spacial score (nSPS) is 19.6. The van der Waals surface area contributed by atoms with E-state index in [4.69, 9.17) is 11.6 Å². The van der Waals surface area contributed by atoms with Crippen LogP contribution in [-0.4, -0.2) is 53.7 Å². The van der Waals surface area contributed by atoms with Crippen LogP contribution in [0, 0.1) is 11.6 Å². The van der Waals surface area contributed by atoms with Gasteiger partial charge in [0.15, 0.2) is 0 Å². The van der Waals surface area contributed by atoms with E-state index in [0.717, 1.165) is 0 Å². The first-order chi connectivity index (χ1) is 13.5. The number of anilines is 2. The van der Waals surface area contributed by atoms with Gasteiger partial charge in [-0.15, -0.1) is 0 Å². The number of carbonyl (C=O) groups is 1. The van der Waals surface area contributed by atoms with Crippen LogP contribution in [0.3, 0.4) is 0 Å². The van der Waals surface area contributed by atoms with Crippen molar-refractivity contribution in [2.45, 2.75) is 12.5 Å². The molecule has 0 aliphatic carbocycles. The number of aliphatic hydroxyl groups is 1. The molecule has 1 saturated heterocycles. The minimum absolute atomic E-state index is 0.0706. The highest BCUT2D eigenvalue weighted by Crippen LogP contribution is 2.38. The second-order valence-corrected chi connectivity index (χ2v) is 7.25. The largest absolute Gasteiger partial charge is 0.388 e. The molecule has 4 rings (SSSR count). The lowest BCUT2D eigenvalue weighted by Gasteiger charge is -2.40. The molecule has 28 heavy (non-hydrogen) atoms. The zero-order chi connectivity index (χ0) is 19.8. The number of nitrogens with zero attached hydrogens (tertiary/aromatic N) is 4. The lowest BCUT2D eigenvalue weighted by Crippen LogP contribution is -2.54. The summed E-state index contributed by atoms with van der Waals surface area (Å²) >= 11 is 5.84. The molecule has 2 aliphatic rings. The maximum absolute atomic E-state index is 14.4. The molecule has 0 spiro atoms. The molecule has 9 heteroatoms. The Labute approximate surface area is 165 Å². The molecule has 1 aromatic heterocycles. The fourth-order valence-electron chi connectivity index (χ4n) is 3.68. The number of aromatic nitrogens is 1. The average Bonchev–Trinajstić information content (AvgIpc) is 2.71. The zero-order valence-electron chi connectivity index (χ0n) is 15.0. The van der Waals surface area contributed by atoms with Crippen LogP contribution in [0.2, 0.25) is 5.02 Å². The van der Waals surface area contributed by atoms with Gasteiger partial charge in [0.1, 0.15) is 17.5 Å². The Bertz CT molecular complexity index is 888. The second-order valence-electron chi connectivity index (χ2n) is 6.84. The van der Waals surface area contributed by atoms with E-state index < -0.39 is 17.7 Å². The Balaban J connectivity index is 1.48. The number of aliphatic hydroxyl groups excluding tert-OH is 1.